The number of amides is 1. The summed E-state index contributed by atoms with van der Waals surface area (Å²) in [7, 11) is 0. The Hall–Kier alpha value is -2.06. The average Bonchev–Trinajstić information content (AvgIpc) is 3.24. The van der Waals surface area contributed by atoms with Crippen LogP contribution >= 0.6 is 27.7 Å². The molecule has 6 nitrogen and oxygen atoms in total. The highest BCUT2D eigenvalue weighted by Crippen LogP contribution is 2.28. The van der Waals surface area contributed by atoms with Crippen molar-refractivity contribution in [2.45, 2.75) is 38.9 Å². The van der Waals surface area contributed by atoms with E-state index in [1.54, 1.807) is 0 Å². The topological polar surface area (TPSA) is 73.0 Å². The molecule has 0 atom stereocenters. The first-order chi connectivity index (χ1) is 13.0. The number of nitrogens with one attached hydrogen (secondary N) is 1. The van der Waals surface area contributed by atoms with Crippen LogP contribution in [0, 0.1) is 13.8 Å². The van der Waals surface area contributed by atoms with Crippen molar-refractivity contribution in [3.63, 3.8) is 0 Å². The van der Waals surface area contributed by atoms with Crippen LogP contribution in [0.4, 0.5) is 5.69 Å². The Labute approximate surface area is 170 Å². The second kappa shape index (κ2) is 8.75. The third kappa shape index (κ3) is 4.62. The Kier molecular flexibility index (Phi) is 6.38. The number of furan rings is 1. The van der Waals surface area contributed by atoms with Crippen LogP contribution in [0.1, 0.15) is 24.5 Å². The first kappa shape index (κ1) is 19.7. The minimum Gasteiger partial charge on any atom is -0.446 e. The largest absolute Gasteiger partial charge is 0.446 e. The summed E-state index contributed by atoms with van der Waals surface area (Å²) in [5, 5.41) is 12.2. The maximum Gasteiger partial charge on any atom is 0.234 e. The van der Waals surface area contributed by atoms with Crippen LogP contribution < -0.4 is 5.32 Å². The van der Waals surface area contributed by atoms with E-state index < -0.39 is 0 Å². The van der Waals surface area contributed by atoms with Crippen molar-refractivity contribution in [3.05, 3.63) is 46.1 Å². The van der Waals surface area contributed by atoms with Crippen LogP contribution in [0.3, 0.4) is 0 Å². The molecule has 2 heterocycles. The number of benzene rings is 1. The minimum atomic E-state index is -0.0676. The summed E-state index contributed by atoms with van der Waals surface area (Å²) >= 11 is 4.68. The third-order valence-corrected chi connectivity index (χ3v) is 5.56. The van der Waals surface area contributed by atoms with Gasteiger partial charge in [0.05, 0.1) is 5.75 Å². The van der Waals surface area contributed by atoms with Crippen molar-refractivity contribution >= 4 is 39.3 Å². The van der Waals surface area contributed by atoms with Gasteiger partial charge in [-0.25, -0.2) is 0 Å². The molecular weight excluding hydrogens is 428 g/mol. The molecule has 0 bridgehead atoms. The number of anilines is 1. The predicted octanol–water partition coefficient (Wildman–Crippen LogP) is 5.06. The van der Waals surface area contributed by atoms with Gasteiger partial charge in [-0.2, -0.15) is 0 Å². The van der Waals surface area contributed by atoms with E-state index in [1.165, 1.54) is 11.8 Å². The number of aryl methyl sites for hydroxylation is 1. The van der Waals surface area contributed by atoms with Crippen molar-refractivity contribution in [1.29, 1.82) is 0 Å². The summed E-state index contributed by atoms with van der Waals surface area (Å²) in [4.78, 5) is 12.4. The van der Waals surface area contributed by atoms with Crippen LogP contribution in [-0.2, 0) is 11.3 Å². The van der Waals surface area contributed by atoms with Crippen molar-refractivity contribution < 1.29 is 9.21 Å². The highest BCUT2D eigenvalue weighted by atomic mass is 79.9. The standard InChI is InChI=1S/C19H21BrN4O2S/c1-4-10-24-18(15-8-9-16(20)26-15)22-23-19(24)27-11-17(25)21-14-7-5-6-12(2)13(14)3/h5-9H,4,10-11H2,1-3H3,(H,21,25). The normalized spacial score (nSPS) is 11.0. The van der Waals surface area contributed by atoms with Gasteiger partial charge in [0, 0.05) is 12.2 Å². The number of nitrogens with zero attached hydrogens (tertiary/aromatic N) is 3. The second-order valence-electron chi connectivity index (χ2n) is 6.15. The van der Waals surface area contributed by atoms with Gasteiger partial charge >= 0.3 is 0 Å². The summed E-state index contributed by atoms with van der Waals surface area (Å²) in [5.41, 5.74) is 3.07. The number of halogens is 1. The molecule has 27 heavy (non-hydrogen) atoms. The smallest absolute Gasteiger partial charge is 0.234 e. The minimum absolute atomic E-state index is 0.0676. The molecule has 0 aliphatic rings. The van der Waals surface area contributed by atoms with Gasteiger partial charge in [-0.15, -0.1) is 10.2 Å². The van der Waals surface area contributed by atoms with Crippen LogP contribution in [0.2, 0.25) is 0 Å². The lowest BCUT2D eigenvalue weighted by atomic mass is 10.1. The van der Waals surface area contributed by atoms with Crippen LogP contribution in [0.25, 0.3) is 11.6 Å². The van der Waals surface area contributed by atoms with Crippen molar-refractivity contribution in [2.75, 3.05) is 11.1 Å². The zero-order valence-corrected chi connectivity index (χ0v) is 17.9. The van der Waals surface area contributed by atoms with Crippen molar-refractivity contribution in [1.82, 2.24) is 14.8 Å². The Morgan fingerprint density at radius 2 is 2.07 bits per heavy atom. The average molecular weight is 449 g/mol. The van der Waals surface area contributed by atoms with E-state index in [1.807, 2.05) is 48.7 Å². The number of aromatic nitrogens is 3. The summed E-state index contributed by atoms with van der Waals surface area (Å²) in [6.45, 7) is 6.87. The molecule has 1 N–H and O–H groups in total. The number of hydrogen-bond donors (Lipinski definition) is 1. The van der Waals surface area contributed by atoms with E-state index in [4.69, 9.17) is 4.42 Å². The molecule has 0 fully saturated rings. The molecule has 8 heteroatoms. The molecule has 0 aliphatic carbocycles. The molecule has 3 rings (SSSR count). The fourth-order valence-electron chi connectivity index (χ4n) is 2.64. The molecule has 2 aromatic heterocycles. The monoisotopic (exact) mass is 448 g/mol. The molecular formula is C19H21BrN4O2S. The molecule has 0 unspecified atom stereocenters. The lowest BCUT2D eigenvalue weighted by molar-refractivity contribution is -0.113. The quantitative estimate of drug-likeness (QED) is 0.511. The molecule has 0 radical (unpaired) electrons. The van der Waals surface area contributed by atoms with Crippen molar-refractivity contribution in [3.8, 4) is 11.6 Å². The second-order valence-corrected chi connectivity index (χ2v) is 7.87. The fraction of sp³-hybridized carbons (Fsp3) is 0.316. The maximum atomic E-state index is 12.4. The number of hydrogen-bond acceptors (Lipinski definition) is 5. The highest BCUT2D eigenvalue weighted by Gasteiger charge is 2.18. The number of carbonyl (C=O) groups is 1. The van der Waals surface area contributed by atoms with Gasteiger partial charge in [0.15, 0.2) is 15.6 Å². The van der Waals surface area contributed by atoms with Gasteiger partial charge in [-0.3, -0.25) is 9.36 Å². The molecule has 0 saturated carbocycles. The van der Waals surface area contributed by atoms with Gasteiger partial charge in [-0.1, -0.05) is 30.8 Å². The summed E-state index contributed by atoms with van der Waals surface area (Å²) in [6, 6.07) is 9.56. The lowest BCUT2D eigenvalue weighted by Crippen LogP contribution is -2.15. The molecule has 0 aliphatic heterocycles. The zero-order valence-electron chi connectivity index (χ0n) is 15.5. The van der Waals surface area contributed by atoms with Gasteiger partial charge in [-0.05, 0) is 65.5 Å². The van der Waals surface area contributed by atoms with E-state index in [9.17, 15) is 4.79 Å². The van der Waals surface area contributed by atoms with E-state index in [0.29, 0.717) is 21.4 Å². The summed E-state index contributed by atoms with van der Waals surface area (Å²) < 4.78 is 8.23. The Morgan fingerprint density at radius 1 is 1.26 bits per heavy atom. The third-order valence-electron chi connectivity index (χ3n) is 4.17. The number of thioether (sulfide) groups is 1. The molecule has 1 aromatic carbocycles. The van der Waals surface area contributed by atoms with Crippen LogP contribution in [0.15, 0.2) is 44.6 Å². The Morgan fingerprint density at radius 3 is 2.78 bits per heavy atom. The van der Waals surface area contributed by atoms with Gasteiger partial charge in [0.2, 0.25) is 11.7 Å². The Balaban J connectivity index is 1.71. The first-order valence-corrected chi connectivity index (χ1v) is 10.4. The maximum absolute atomic E-state index is 12.4. The molecule has 142 valence electrons. The van der Waals surface area contributed by atoms with Crippen molar-refractivity contribution in [2.24, 2.45) is 0 Å². The van der Waals surface area contributed by atoms with E-state index in [2.05, 4.69) is 38.4 Å². The summed E-state index contributed by atoms with van der Waals surface area (Å²) in [6.07, 6.45) is 0.926. The number of carbonyl (C=O) groups excluding carboxylic acids is 1. The predicted molar refractivity (Wildman–Crippen MR) is 111 cm³/mol. The highest BCUT2D eigenvalue weighted by molar-refractivity contribution is 9.10. The first-order valence-electron chi connectivity index (χ1n) is 8.67. The van der Waals surface area contributed by atoms with Crippen LogP contribution in [0.5, 0.6) is 0 Å². The van der Waals surface area contributed by atoms with Gasteiger partial charge in [0.25, 0.3) is 0 Å². The van der Waals surface area contributed by atoms with E-state index in [-0.39, 0.29) is 11.7 Å². The molecule has 0 spiro atoms. The summed E-state index contributed by atoms with van der Waals surface area (Å²) in [5.74, 6) is 1.51. The Bertz CT molecular complexity index is 951. The van der Waals surface area contributed by atoms with Gasteiger partial charge < -0.3 is 9.73 Å². The lowest BCUT2D eigenvalue weighted by Gasteiger charge is -2.10. The van der Waals surface area contributed by atoms with Gasteiger partial charge in [0.1, 0.15) is 0 Å². The SMILES string of the molecule is CCCn1c(SCC(=O)Nc2cccc(C)c2C)nnc1-c1ccc(Br)o1. The molecule has 0 saturated heterocycles. The number of rotatable bonds is 7. The van der Waals surface area contributed by atoms with E-state index >= 15 is 0 Å². The van der Waals surface area contributed by atoms with Crippen LogP contribution in [-0.4, -0.2) is 26.4 Å². The molecule has 3 aromatic rings. The zero-order chi connectivity index (χ0) is 19.4. The fourth-order valence-corrected chi connectivity index (χ4v) is 3.71. The van der Waals surface area contributed by atoms with E-state index in [0.717, 1.165) is 29.8 Å². The molecule has 1 amide bonds.